The van der Waals surface area contributed by atoms with Crippen molar-refractivity contribution in [3.05, 3.63) is 51.7 Å². The normalized spacial score (nSPS) is 11.4. The molecule has 7 heteroatoms. The highest BCUT2D eigenvalue weighted by Crippen LogP contribution is 2.19. The van der Waals surface area contributed by atoms with E-state index in [1.54, 1.807) is 11.3 Å². The number of rotatable bonds is 5. The Balaban J connectivity index is 0.00000225. The van der Waals surface area contributed by atoms with Gasteiger partial charge in [-0.3, -0.25) is 0 Å². The fourth-order valence-corrected chi connectivity index (χ4v) is 3.39. The van der Waals surface area contributed by atoms with Crippen molar-refractivity contribution in [1.82, 2.24) is 15.6 Å². The minimum absolute atomic E-state index is 0. The molecule has 0 spiro atoms. The molecule has 3 rings (SSSR count). The third kappa shape index (κ3) is 5.18. The van der Waals surface area contributed by atoms with Gasteiger partial charge in [-0.25, -0.2) is 9.98 Å². The summed E-state index contributed by atoms with van der Waals surface area (Å²) in [5.41, 5.74) is 1.98. The van der Waals surface area contributed by atoms with Crippen LogP contribution in [0.3, 0.4) is 0 Å². The molecule has 1 aromatic carbocycles. The number of benzene rings is 1. The Morgan fingerprint density at radius 3 is 2.72 bits per heavy atom. The number of aryl methyl sites for hydroxylation is 2. The van der Waals surface area contributed by atoms with Gasteiger partial charge in [0.15, 0.2) is 5.96 Å². The zero-order valence-corrected chi connectivity index (χ0v) is 17.8. The Morgan fingerprint density at radius 1 is 1.24 bits per heavy atom. The summed E-state index contributed by atoms with van der Waals surface area (Å²) in [4.78, 5) is 10.3. The minimum Gasteiger partial charge on any atom is -0.459 e. The number of nitrogens with one attached hydrogen (secondary N) is 2. The third-order valence-electron chi connectivity index (χ3n) is 3.63. The van der Waals surface area contributed by atoms with E-state index < -0.39 is 0 Å². The van der Waals surface area contributed by atoms with Crippen LogP contribution in [0.1, 0.15) is 28.3 Å². The molecule has 0 aliphatic carbocycles. The Morgan fingerprint density at radius 2 is 2.04 bits per heavy atom. The largest absolute Gasteiger partial charge is 0.459 e. The molecule has 0 saturated heterocycles. The molecule has 0 radical (unpaired) electrons. The van der Waals surface area contributed by atoms with Crippen LogP contribution in [-0.4, -0.2) is 17.5 Å². The molecule has 2 heterocycles. The van der Waals surface area contributed by atoms with E-state index in [0.717, 1.165) is 46.5 Å². The van der Waals surface area contributed by atoms with Crippen molar-refractivity contribution < 1.29 is 4.42 Å². The number of furan rings is 1. The van der Waals surface area contributed by atoms with Crippen molar-refractivity contribution in [3.8, 4) is 0 Å². The zero-order valence-electron chi connectivity index (χ0n) is 14.6. The summed E-state index contributed by atoms with van der Waals surface area (Å²) in [5, 5.41) is 8.83. The first kappa shape index (κ1) is 19.7. The smallest absolute Gasteiger partial charge is 0.191 e. The van der Waals surface area contributed by atoms with Gasteiger partial charge in [-0.15, -0.1) is 35.3 Å². The summed E-state index contributed by atoms with van der Waals surface area (Å²) < 4.78 is 5.81. The number of hydrogen-bond donors (Lipinski definition) is 2. The van der Waals surface area contributed by atoms with Crippen LogP contribution in [0, 0.1) is 13.8 Å². The molecule has 3 aromatic rings. The average Bonchev–Trinajstić information content (AvgIpc) is 3.12. The molecule has 0 bridgehead atoms. The van der Waals surface area contributed by atoms with Gasteiger partial charge in [0.05, 0.1) is 17.2 Å². The van der Waals surface area contributed by atoms with Crippen LogP contribution in [0.5, 0.6) is 0 Å². The van der Waals surface area contributed by atoms with Crippen molar-refractivity contribution >= 4 is 52.2 Å². The van der Waals surface area contributed by atoms with Crippen LogP contribution < -0.4 is 10.6 Å². The van der Waals surface area contributed by atoms with Crippen LogP contribution in [-0.2, 0) is 13.1 Å². The molecule has 2 N–H and O–H groups in total. The van der Waals surface area contributed by atoms with Crippen molar-refractivity contribution in [2.45, 2.75) is 33.9 Å². The molecule has 25 heavy (non-hydrogen) atoms. The lowest BCUT2D eigenvalue weighted by Gasteiger charge is -2.10. The summed E-state index contributed by atoms with van der Waals surface area (Å²) in [6, 6.07) is 10.0. The summed E-state index contributed by atoms with van der Waals surface area (Å²) in [5.74, 6) is 1.64. The van der Waals surface area contributed by atoms with E-state index in [-0.39, 0.29) is 24.0 Å². The molecule has 0 amide bonds. The first-order valence-electron chi connectivity index (χ1n) is 8.08. The quantitative estimate of drug-likeness (QED) is 0.330. The molecule has 2 aromatic heterocycles. The lowest BCUT2D eigenvalue weighted by atomic mass is 10.2. The van der Waals surface area contributed by atoms with Gasteiger partial charge >= 0.3 is 0 Å². The number of aromatic nitrogens is 1. The van der Waals surface area contributed by atoms with E-state index in [4.69, 9.17) is 4.42 Å². The molecule has 0 unspecified atom stereocenters. The molecule has 0 saturated carbocycles. The van der Waals surface area contributed by atoms with Crippen LogP contribution >= 0.6 is 35.3 Å². The molecule has 5 nitrogen and oxygen atoms in total. The van der Waals surface area contributed by atoms with Crippen LogP contribution in [0.15, 0.2) is 39.7 Å². The number of halogens is 1. The van der Waals surface area contributed by atoms with E-state index in [0.29, 0.717) is 6.54 Å². The molecule has 0 atom stereocenters. The van der Waals surface area contributed by atoms with E-state index in [1.165, 1.54) is 4.88 Å². The van der Waals surface area contributed by atoms with E-state index in [1.807, 2.05) is 44.2 Å². The second-order valence-electron chi connectivity index (χ2n) is 5.54. The van der Waals surface area contributed by atoms with Gasteiger partial charge in [-0.1, -0.05) is 18.2 Å². The number of aliphatic imine (C=N–C) groups is 1. The highest BCUT2D eigenvalue weighted by atomic mass is 127. The standard InChI is InChI=1S/C18H22N4OS.HI/c1-4-19-18(21-11-17-12(2)22-13(3)24-17)20-10-15-9-14-7-5-6-8-16(14)23-15;/h5-9H,4,10-11H2,1-3H3,(H2,19,20,21);1H. The fourth-order valence-electron chi connectivity index (χ4n) is 2.51. The first-order valence-corrected chi connectivity index (χ1v) is 8.90. The van der Waals surface area contributed by atoms with Crippen molar-refractivity contribution in [2.24, 2.45) is 4.99 Å². The topological polar surface area (TPSA) is 62.5 Å². The summed E-state index contributed by atoms with van der Waals surface area (Å²) in [6.07, 6.45) is 0. The van der Waals surface area contributed by atoms with Crippen molar-refractivity contribution in [2.75, 3.05) is 6.54 Å². The Hall–Kier alpha value is -1.61. The van der Waals surface area contributed by atoms with E-state index in [9.17, 15) is 0 Å². The second kappa shape index (κ2) is 9.19. The Labute approximate surface area is 169 Å². The molecule has 0 fully saturated rings. The molecular formula is C18H23IN4OS. The van der Waals surface area contributed by atoms with Crippen molar-refractivity contribution in [1.29, 1.82) is 0 Å². The predicted octanol–water partition coefficient (Wildman–Crippen LogP) is 4.38. The molecule has 0 aliphatic heterocycles. The maximum atomic E-state index is 5.81. The van der Waals surface area contributed by atoms with Gasteiger partial charge in [0, 0.05) is 16.8 Å². The minimum atomic E-state index is 0. The van der Waals surface area contributed by atoms with Gasteiger partial charge in [0.1, 0.15) is 17.9 Å². The van der Waals surface area contributed by atoms with Crippen LogP contribution in [0.2, 0.25) is 0 Å². The zero-order chi connectivity index (χ0) is 16.9. The first-order chi connectivity index (χ1) is 11.7. The lowest BCUT2D eigenvalue weighted by Crippen LogP contribution is -2.36. The highest BCUT2D eigenvalue weighted by Gasteiger charge is 2.07. The van der Waals surface area contributed by atoms with Gasteiger partial charge in [-0.2, -0.15) is 0 Å². The Kier molecular flexibility index (Phi) is 7.24. The van der Waals surface area contributed by atoms with Gasteiger partial charge in [-0.05, 0) is 32.9 Å². The number of thiazole rings is 1. The van der Waals surface area contributed by atoms with Crippen molar-refractivity contribution in [3.63, 3.8) is 0 Å². The number of hydrogen-bond acceptors (Lipinski definition) is 4. The predicted molar refractivity (Wildman–Crippen MR) is 115 cm³/mol. The molecule has 0 aliphatic rings. The van der Waals surface area contributed by atoms with E-state index >= 15 is 0 Å². The maximum absolute atomic E-state index is 5.81. The monoisotopic (exact) mass is 470 g/mol. The molecular weight excluding hydrogens is 447 g/mol. The van der Waals surface area contributed by atoms with Gasteiger partial charge in [0.2, 0.25) is 0 Å². The summed E-state index contributed by atoms with van der Waals surface area (Å²) in [7, 11) is 0. The van der Waals surface area contributed by atoms with E-state index in [2.05, 4.69) is 27.5 Å². The summed E-state index contributed by atoms with van der Waals surface area (Å²) in [6.45, 7) is 8.17. The van der Waals surface area contributed by atoms with Crippen LogP contribution in [0.4, 0.5) is 0 Å². The SMILES string of the molecule is CCNC(=NCc1cc2ccccc2o1)NCc1sc(C)nc1C.I. The highest BCUT2D eigenvalue weighted by molar-refractivity contribution is 14.0. The third-order valence-corrected chi connectivity index (χ3v) is 4.70. The molecule has 134 valence electrons. The van der Waals surface area contributed by atoms with Crippen LogP contribution in [0.25, 0.3) is 11.0 Å². The lowest BCUT2D eigenvalue weighted by molar-refractivity contribution is 0.551. The fraction of sp³-hybridized carbons (Fsp3) is 0.333. The number of para-hydroxylation sites is 1. The number of guanidine groups is 1. The average molecular weight is 470 g/mol. The summed E-state index contributed by atoms with van der Waals surface area (Å²) >= 11 is 1.72. The number of fused-ring (bicyclic) bond motifs is 1. The number of nitrogens with zero attached hydrogens (tertiary/aromatic N) is 2. The van der Waals surface area contributed by atoms with Gasteiger partial charge in [0.25, 0.3) is 0 Å². The Bertz CT molecular complexity index is 823. The van der Waals surface area contributed by atoms with Gasteiger partial charge < -0.3 is 15.1 Å². The second-order valence-corrected chi connectivity index (χ2v) is 6.83. The maximum Gasteiger partial charge on any atom is 0.191 e.